The smallest absolute Gasteiger partial charge is 0.168 e. The Hall–Kier alpha value is -1.68. The van der Waals surface area contributed by atoms with Crippen molar-refractivity contribution in [2.24, 2.45) is 0 Å². The number of carbonyl (C=O) groups is 1. The predicted octanol–water partition coefficient (Wildman–Crippen LogP) is 3.06. The second-order valence-electron chi connectivity index (χ2n) is 3.53. The van der Waals surface area contributed by atoms with E-state index in [0.29, 0.717) is 5.69 Å². The molecule has 0 spiro atoms. The summed E-state index contributed by atoms with van der Waals surface area (Å²) in [6.45, 7) is 0. The van der Waals surface area contributed by atoms with Crippen molar-refractivity contribution in [3.63, 3.8) is 0 Å². The number of hydrogen-bond donors (Lipinski definition) is 0. The molecule has 0 fully saturated rings. The number of aromatic nitrogens is 2. The molecule has 3 rings (SSSR count). The van der Waals surface area contributed by atoms with Gasteiger partial charge in [-0.05, 0) is 29.7 Å². The van der Waals surface area contributed by atoms with Crippen LogP contribution < -0.4 is 0 Å². The van der Waals surface area contributed by atoms with Crippen LogP contribution in [0, 0.1) is 0 Å². The summed E-state index contributed by atoms with van der Waals surface area (Å²) in [5.74, 6) is 0. The summed E-state index contributed by atoms with van der Waals surface area (Å²) in [4.78, 5) is 15.1. The van der Waals surface area contributed by atoms with Gasteiger partial charge in [0.1, 0.15) is 11.3 Å². The number of nitrogens with zero attached hydrogens (tertiary/aromatic N) is 2. The third-order valence-electron chi connectivity index (χ3n) is 2.58. The van der Waals surface area contributed by atoms with Gasteiger partial charge in [0.25, 0.3) is 0 Å². The minimum Gasteiger partial charge on any atom is -0.296 e. The maximum Gasteiger partial charge on any atom is 0.168 e. The summed E-state index contributed by atoms with van der Waals surface area (Å²) in [5, 5.41) is 1.08. The van der Waals surface area contributed by atoms with Gasteiger partial charge in [0.2, 0.25) is 0 Å². The van der Waals surface area contributed by atoms with E-state index < -0.39 is 0 Å². The van der Waals surface area contributed by atoms with Gasteiger partial charge in [-0.25, -0.2) is 4.98 Å². The molecule has 0 unspecified atom stereocenters. The lowest BCUT2D eigenvalue weighted by molar-refractivity contribution is 0.111. The topological polar surface area (TPSA) is 34.4 Å². The Balaban J connectivity index is 2.59. The van der Waals surface area contributed by atoms with Gasteiger partial charge in [-0.15, -0.1) is 0 Å². The summed E-state index contributed by atoms with van der Waals surface area (Å²) >= 11 is 3.43. The van der Waals surface area contributed by atoms with Crippen LogP contribution in [0.5, 0.6) is 0 Å². The molecule has 0 radical (unpaired) electrons. The molecule has 0 aliphatic rings. The van der Waals surface area contributed by atoms with E-state index in [-0.39, 0.29) is 0 Å². The summed E-state index contributed by atoms with van der Waals surface area (Å²) in [7, 11) is 0. The van der Waals surface area contributed by atoms with Gasteiger partial charge in [-0.1, -0.05) is 22.0 Å². The Kier molecular flexibility index (Phi) is 2.04. The highest BCUT2D eigenvalue weighted by Crippen LogP contribution is 2.22. The van der Waals surface area contributed by atoms with E-state index >= 15 is 0 Å². The van der Waals surface area contributed by atoms with Crippen molar-refractivity contribution >= 4 is 38.8 Å². The molecule has 3 nitrogen and oxygen atoms in total. The Bertz CT molecular complexity index is 703. The highest BCUT2D eigenvalue weighted by molar-refractivity contribution is 9.10. The quantitative estimate of drug-likeness (QED) is 0.640. The lowest BCUT2D eigenvalue weighted by atomic mass is 10.2. The van der Waals surface area contributed by atoms with Crippen molar-refractivity contribution in [2.45, 2.75) is 0 Å². The molecule has 0 amide bonds. The average Bonchev–Trinajstić information content (AvgIpc) is 2.72. The molecular weight excluding hydrogens is 268 g/mol. The zero-order valence-corrected chi connectivity index (χ0v) is 9.81. The van der Waals surface area contributed by atoms with Crippen molar-refractivity contribution in [1.82, 2.24) is 9.38 Å². The van der Waals surface area contributed by atoms with E-state index in [4.69, 9.17) is 0 Å². The van der Waals surface area contributed by atoms with Gasteiger partial charge in [-0.2, -0.15) is 0 Å². The Labute approximate surface area is 99.8 Å². The molecule has 0 saturated heterocycles. The van der Waals surface area contributed by atoms with Gasteiger partial charge < -0.3 is 0 Å². The van der Waals surface area contributed by atoms with Crippen LogP contribution in [0.4, 0.5) is 0 Å². The van der Waals surface area contributed by atoms with E-state index in [1.165, 1.54) is 0 Å². The number of rotatable bonds is 1. The van der Waals surface area contributed by atoms with Crippen molar-refractivity contribution in [3.05, 3.63) is 46.7 Å². The molecule has 4 heteroatoms. The van der Waals surface area contributed by atoms with Gasteiger partial charge >= 0.3 is 0 Å². The van der Waals surface area contributed by atoms with E-state index in [9.17, 15) is 4.79 Å². The molecule has 3 aromatic rings. The van der Waals surface area contributed by atoms with Crippen LogP contribution in [0.15, 0.2) is 41.0 Å². The van der Waals surface area contributed by atoms with Crippen LogP contribution in [0.3, 0.4) is 0 Å². The molecule has 0 bridgehead atoms. The standard InChI is InChI=1S/C12H7BrN2O/c13-9-3-1-8-2-4-12-14-6-10(7-16)15(12)11(8)5-9/h1-7H. The summed E-state index contributed by atoms with van der Waals surface area (Å²) in [5.41, 5.74) is 2.33. The second kappa shape index (κ2) is 3.42. The minimum absolute atomic E-state index is 0.568. The van der Waals surface area contributed by atoms with Crippen molar-refractivity contribution in [3.8, 4) is 0 Å². The zero-order chi connectivity index (χ0) is 11.1. The first-order valence-electron chi connectivity index (χ1n) is 4.80. The summed E-state index contributed by atoms with van der Waals surface area (Å²) < 4.78 is 2.84. The van der Waals surface area contributed by atoms with Gasteiger partial charge in [0, 0.05) is 4.47 Å². The molecule has 0 N–H and O–H groups in total. The normalized spacial score (nSPS) is 11.1. The molecule has 0 saturated carbocycles. The van der Waals surface area contributed by atoms with Crippen LogP contribution in [0.25, 0.3) is 16.6 Å². The largest absolute Gasteiger partial charge is 0.296 e. The highest BCUT2D eigenvalue weighted by Gasteiger charge is 2.06. The minimum atomic E-state index is 0.568. The maximum atomic E-state index is 10.9. The van der Waals surface area contributed by atoms with E-state index in [1.54, 1.807) is 6.20 Å². The lowest BCUT2D eigenvalue weighted by Gasteiger charge is -2.03. The second-order valence-corrected chi connectivity index (χ2v) is 4.45. The number of fused-ring (bicyclic) bond motifs is 3. The van der Waals surface area contributed by atoms with E-state index in [2.05, 4.69) is 20.9 Å². The molecule has 0 atom stereocenters. The van der Waals surface area contributed by atoms with Crippen molar-refractivity contribution < 1.29 is 4.79 Å². The predicted molar refractivity (Wildman–Crippen MR) is 65.8 cm³/mol. The Morgan fingerprint density at radius 2 is 2.06 bits per heavy atom. The van der Waals surface area contributed by atoms with E-state index in [1.807, 2.05) is 34.7 Å². The number of hydrogen-bond acceptors (Lipinski definition) is 2. The fourth-order valence-corrected chi connectivity index (χ4v) is 2.21. The fraction of sp³-hybridized carbons (Fsp3) is 0. The third-order valence-corrected chi connectivity index (χ3v) is 3.08. The third kappa shape index (κ3) is 1.27. The fourth-order valence-electron chi connectivity index (χ4n) is 1.86. The number of carbonyl (C=O) groups excluding carboxylic acids is 1. The molecular formula is C12H7BrN2O. The van der Waals surface area contributed by atoms with E-state index in [0.717, 1.165) is 27.3 Å². The number of aldehydes is 1. The SMILES string of the molecule is O=Cc1cnc2ccc3ccc(Br)cc3n12. The first-order chi connectivity index (χ1) is 7.79. The van der Waals surface area contributed by atoms with Crippen LogP contribution in [-0.2, 0) is 0 Å². The van der Waals surface area contributed by atoms with Crippen molar-refractivity contribution in [2.75, 3.05) is 0 Å². The molecule has 1 aromatic carbocycles. The first-order valence-corrected chi connectivity index (χ1v) is 5.60. The average molecular weight is 275 g/mol. The number of imidazole rings is 1. The van der Waals surface area contributed by atoms with Crippen LogP contribution >= 0.6 is 15.9 Å². The maximum absolute atomic E-state index is 10.9. The highest BCUT2D eigenvalue weighted by atomic mass is 79.9. The molecule has 16 heavy (non-hydrogen) atoms. The zero-order valence-electron chi connectivity index (χ0n) is 8.22. The molecule has 0 aliphatic heterocycles. The number of benzene rings is 1. The number of halogens is 1. The number of pyridine rings is 1. The van der Waals surface area contributed by atoms with Gasteiger partial charge in [-0.3, -0.25) is 9.20 Å². The molecule has 78 valence electrons. The van der Waals surface area contributed by atoms with Crippen molar-refractivity contribution in [1.29, 1.82) is 0 Å². The summed E-state index contributed by atoms with van der Waals surface area (Å²) in [6.07, 6.45) is 2.41. The Morgan fingerprint density at radius 1 is 1.25 bits per heavy atom. The monoisotopic (exact) mass is 274 g/mol. The van der Waals surface area contributed by atoms with Crippen LogP contribution in [-0.4, -0.2) is 15.7 Å². The molecule has 0 aliphatic carbocycles. The first kappa shape index (κ1) is 9.54. The summed E-state index contributed by atoms with van der Waals surface area (Å²) in [6, 6.07) is 9.87. The van der Waals surface area contributed by atoms with Gasteiger partial charge in [0.05, 0.1) is 11.7 Å². The molecule has 2 heterocycles. The van der Waals surface area contributed by atoms with Crippen LogP contribution in [0.2, 0.25) is 0 Å². The Morgan fingerprint density at radius 3 is 2.88 bits per heavy atom. The van der Waals surface area contributed by atoms with Gasteiger partial charge in [0.15, 0.2) is 6.29 Å². The van der Waals surface area contributed by atoms with Crippen LogP contribution in [0.1, 0.15) is 10.5 Å². The molecule has 2 aromatic heterocycles. The lowest BCUT2D eigenvalue weighted by Crippen LogP contribution is -1.93.